The van der Waals surface area contributed by atoms with Gasteiger partial charge in [0.25, 0.3) is 10.0 Å². The van der Waals surface area contributed by atoms with Crippen molar-refractivity contribution in [3.05, 3.63) is 41.8 Å². The second-order valence-electron chi connectivity index (χ2n) is 7.49. The molecule has 0 bridgehead atoms. The van der Waals surface area contributed by atoms with Gasteiger partial charge in [-0.2, -0.15) is 4.31 Å². The number of piperazine rings is 1. The Labute approximate surface area is 180 Å². The summed E-state index contributed by atoms with van der Waals surface area (Å²) < 4.78 is 27.2. The molecule has 1 N–H and O–H groups in total. The number of carbonyl (C=O) groups is 2. The summed E-state index contributed by atoms with van der Waals surface area (Å²) in [5.74, 6) is -0.210. The Morgan fingerprint density at radius 3 is 2.57 bits per heavy atom. The molecule has 30 heavy (non-hydrogen) atoms. The molecule has 0 unspecified atom stereocenters. The van der Waals surface area contributed by atoms with E-state index in [0.717, 1.165) is 0 Å². The fraction of sp³-hybridized carbons (Fsp3) is 0.400. The van der Waals surface area contributed by atoms with Gasteiger partial charge in [0.15, 0.2) is 0 Å². The highest BCUT2D eigenvalue weighted by Crippen LogP contribution is 2.31. The lowest BCUT2D eigenvalue weighted by atomic mass is 10.1. The third-order valence-corrected chi connectivity index (χ3v) is 8.68. The van der Waals surface area contributed by atoms with Crippen LogP contribution in [0.3, 0.4) is 0 Å². The summed E-state index contributed by atoms with van der Waals surface area (Å²) in [5.41, 5.74) is 1.33. The minimum absolute atomic E-state index is 0.0963. The number of fused-ring (bicyclic) bond motifs is 1. The van der Waals surface area contributed by atoms with Crippen LogP contribution in [0.2, 0.25) is 0 Å². The van der Waals surface area contributed by atoms with E-state index >= 15 is 0 Å². The van der Waals surface area contributed by atoms with E-state index in [1.54, 1.807) is 28.5 Å². The zero-order valence-electron chi connectivity index (χ0n) is 16.7. The van der Waals surface area contributed by atoms with Crippen molar-refractivity contribution in [3.63, 3.8) is 0 Å². The van der Waals surface area contributed by atoms with Crippen molar-refractivity contribution in [2.24, 2.45) is 0 Å². The van der Waals surface area contributed by atoms with Crippen molar-refractivity contribution in [2.45, 2.75) is 23.6 Å². The van der Waals surface area contributed by atoms with Gasteiger partial charge in [0, 0.05) is 38.6 Å². The number of thiophene rings is 1. The minimum Gasteiger partial charge on any atom is -0.324 e. The highest BCUT2D eigenvalue weighted by Gasteiger charge is 2.33. The van der Waals surface area contributed by atoms with Crippen molar-refractivity contribution in [1.82, 2.24) is 9.21 Å². The van der Waals surface area contributed by atoms with Gasteiger partial charge in [-0.3, -0.25) is 14.5 Å². The molecule has 8 nitrogen and oxygen atoms in total. The van der Waals surface area contributed by atoms with E-state index in [2.05, 4.69) is 5.32 Å². The molecule has 3 heterocycles. The summed E-state index contributed by atoms with van der Waals surface area (Å²) in [6, 6.07) is 10.4. The van der Waals surface area contributed by atoms with Gasteiger partial charge in [0.05, 0.1) is 17.9 Å². The fourth-order valence-corrected chi connectivity index (χ4v) is 6.47. The lowest BCUT2D eigenvalue weighted by molar-refractivity contribution is -0.120. The zero-order chi connectivity index (χ0) is 21.3. The first-order chi connectivity index (χ1) is 14.4. The van der Waals surface area contributed by atoms with Crippen molar-refractivity contribution in [1.29, 1.82) is 0 Å². The van der Waals surface area contributed by atoms with E-state index in [1.807, 2.05) is 30.0 Å². The molecule has 0 aliphatic carbocycles. The standard InChI is InChI=1S/C20H24N4O4S2/c1-15-13-18(25)21-16-5-2-3-6-17(16)24(15)19(26)14-22-8-10-23(11-9-22)30(27,28)20-7-4-12-29-20/h2-7,12,15H,8-11,13-14H2,1H3,(H,21,25)/t15-/m0/s1. The molecule has 1 atom stereocenters. The Morgan fingerprint density at radius 1 is 1.13 bits per heavy atom. The first kappa shape index (κ1) is 21.0. The maximum atomic E-state index is 13.2. The van der Waals surface area contributed by atoms with Crippen LogP contribution in [0.15, 0.2) is 46.0 Å². The molecule has 2 aromatic rings. The van der Waals surface area contributed by atoms with E-state index in [9.17, 15) is 18.0 Å². The Morgan fingerprint density at radius 2 is 1.87 bits per heavy atom. The monoisotopic (exact) mass is 448 g/mol. The molecule has 10 heteroatoms. The Balaban J connectivity index is 1.43. The van der Waals surface area contributed by atoms with Gasteiger partial charge in [-0.25, -0.2) is 8.42 Å². The number of rotatable bonds is 4. The number of sulfonamides is 1. The third kappa shape index (κ3) is 4.13. The number of para-hydroxylation sites is 2. The van der Waals surface area contributed by atoms with Gasteiger partial charge in [-0.1, -0.05) is 18.2 Å². The Bertz CT molecular complexity index is 1030. The molecule has 0 spiro atoms. The van der Waals surface area contributed by atoms with Crippen molar-refractivity contribution < 1.29 is 18.0 Å². The highest BCUT2D eigenvalue weighted by molar-refractivity contribution is 7.91. The molecular weight excluding hydrogens is 424 g/mol. The number of hydrogen-bond donors (Lipinski definition) is 1. The Kier molecular flexibility index (Phi) is 5.92. The highest BCUT2D eigenvalue weighted by atomic mass is 32.2. The van der Waals surface area contributed by atoms with Gasteiger partial charge in [-0.05, 0) is 30.5 Å². The predicted molar refractivity (Wildman–Crippen MR) is 116 cm³/mol. The topological polar surface area (TPSA) is 90.0 Å². The SMILES string of the molecule is C[C@H]1CC(=O)Nc2ccccc2N1C(=O)CN1CCN(S(=O)(=O)c2cccs2)CC1. The number of hydrogen-bond acceptors (Lipinski definition) is 6. The average Bonchev–Trinajstić information content (AvgIpc) is 3.21. The van der Waals surface area contributed by atoms with Gasteiger partial charge < -0.3 is 10.2 Å². The molecule has 1 aromatic carbocycles. The van der Waals surface area contributed by atoms with E-state index in [4.69, 9.17) is 0 Å². The maximum Gasteiger partial charge on any atom is 0.252 e. The first-order valence-electron chi connectivity index (χ1n) is 9.83. The van der Waals surface area contributed by atoms with Crippen molar-refractivity contribution in [2.75, 3.05) is 42.9 Å². The summed E-state index contributed by atoms with van der Waals surface area (Å²) in [4.78, 5) is 29.0. The molecule has 1 saturated heterocycles. The van der Waals surface area contributed by atoms with Crippen LogP contribution >= 0.6 is 11.3 Å². The molecule has 1 aromatic heterocycles. The molecule has 4 rings (SSSR count). The molecule has 2 aliphatic rings. The minimum atomic E-state index is -3.47. The lowest BCUT2D eigenvalue weighted by Crippen LogP contribution is -2.52. The summed E-state index contributed by atoms with van der Waals surface area (Å²) >= 11 is 1.21. The van der Waals surface area contributed by atoms with E-state index in [0.29, 0.717) is 41.8 Å². The predicted octanol–water partition coefficient (Wildman–Crippen LogP) is 1.82. The molecule has 160 valence electrons. The van der Waals surface area contributed by atoms with Crippen LogP contribution < -0.4 is 10.2 Å². The molecule has 0 radical (unpaired) electrons. The number of anilines is 2. The summed E-state index contributed by atoms with van der Waals surface area (Å²) in [5, 5.41) is 4.61. The summed E-state index contributed by atoms with van der Waals surface area (Å²) in [6.45, 7) is 3.71. The van der Waals surface area contributed by atoms with Gasteiger partial charge >= 0.3 is 0 Å². The van der Waals surface area contributed by atoms with Gasteiger partial charge in [-0.15, -0.1) is 11.3 Å². The van der Waals surface area contributed by atoms with Crippen LogP contribution in [0.5, 0.6) is 0 Å². The largest absolute Gasteiger partial charge is 0.324 e. The van der Waals surface area contributed by atoms with Crippen LogP contribution in [0, 0.1) is 0 Å². The number of nitrogens with zero attached hydrogens (tertiary/aromatic N) is 3. The van der Waals surface area contributed by atoms with Crippen LogP contribution in [-0.4, -0.2) is 68.2 Å². The van der Waals surface area contributed by atoms with Crippen molar-refractivity contribution in [3.8, 4) is 0 Å². The van der Waals surface area contributed by atoms with Gasteiger partial charge in [0.2, 0.25) is 11.8 Å². The molecule has 2 aliphatic heterocycles. The van der Waals surface area contributed by atoms with E-state index in [-0.39, 0.29) is 30.8 Å². The number of nitrogens with one attached hydrogen (secondary N) is 1. The van der Waals surface area contributed by atoms with Crippen LogP contribution in [0.25, 0.3) is 0 Å². The molecular formula is C20H24N4O4S2. The maximum absolute atomic E-state index is 13.2. The first-order valence-corrected chi connectivity index (χ1v) is 12.1. The van der Waals surface area contributed by atoms with Gasteiger partial charge in [0.1, 0.15) is 4.21 Å². The summed E-state index contributed by atoms with van der Waals surface area (Å²) in [6.07, 6.45) is 0.229. The average molecular weight is 449 g/mol. The molecule has 1 fully saturated rings. The zero-order valence-corrected chi connectivity index (χ0v) is 18.3. The van der Waals surface area contributed by atoms with Crippen LogP contribution in [-0.2, 0) is 19.6 Å². The smallest absolute Gasteiger partial charge is 0.252 e. The van der Waals surface area contributed by atoms with E-state index < -0.39 is 10.0 Å². The van der Waals surface area contributed by atoms with E-state index in [1.165, 1.54) is 15.6 Å². The second-order valence-corrected chi connectivity index (χ2v) is 10.6. The Hall–Kier alpha value is -2.27. The third-order valence-electron chi connectivity index (χ3n) is 5.41. The normalized spacial score (nSPS) is 21.0. The number of carbonyl (C=O) groups excluding carboxylic acids is 2. The quantitative estimate of drug-likeness (QED) is 0.771. The lowest BCUT2D eigenvalue weighted by Gasteiger charge is -2.35. The number of amides is 2. The van der Waals surface area contributed by atoms with Crippen molar-refractivity contribution >= 4 is 44.5 Å². The van der Waals surface area contributed by atoms with Crippen LogP contribution in [0.1, 0.15) is 13.3 Å². The fourth-order valence-electron chi connectivity index (χ4n) is 3.90. The second kappa shape index (κ2) is 8.46. The number of benzene rings is 1. The molecule has 2 amide bonds. The molecule has 0 saturated carbocycles. The van der Waals surface area contributed by atoms with Crippen LogP contribution in [0.4, 0.5) is 11.4 Å². The summed E-state index contributed by atoms with van der Waals surface area (Å²) in [7, 11) is -3.47.